The van der Waals surface area contributed by atoms with Gasteiger partial charge in [-0.1, -0.05) is 18.2 Å². The maximum atomic E-state index is 9.58. The van der Waals surface area contributed by atoms with Crippen LogP contribution < -0.4 is 15.8 Å². The van der Waals surface area contributed by atoms with Gasteiger partial charge in [0.2, 0.25) is 0 Å². The highest BCUT2D eigenvalue weighted by Crippen LogP contribution is 2.26. The largest absolute Gasteiger partial charge is 0.504 e. The average Bonchev–Trinajstić information content (AvgIpc) is 2.37. The Morgan fingerprint density at radius 3 is 2.89 bits per heavy atom. The third-order valence-electron chi connectivity index (χ3n) is 2.33. The van der Waals surface area contributed by atoms with Crippen molar-refractivity contribution in [1.29, 1.82) is 0 Å². The monoisotopic (exact) mass is 263 g/mol. The highest BCUT2D eigenvalue weighted by atomic mass is 16.5. The van der Waals surface area contributed by atoms with Gasteiger partial charge in [-0.25, -0.2) is 4.99 Å². The Morgan fingerprint density at radius 1 is 1.53 bits per heavy atom. The molecule has 0 bridgehead atoms. The van der Waals surface area contributed by atoms with E-state index in [0.29, 0.717) is 31.4 Å². The molecule has 1 rings (SSSR count). The average molecular weight is 263 g/mol. The first-order chi connectivity index (χ1) is 9.02. The van der Waals surface area contributed by atoms with Crippen LogP contribution in [-0.2, 0) is 6.54 Å². The quantitative estimate of drug-likeness (QED) is 0.415. The van der Waals surface area contributed by atoms with Crippen LogP contribution >= 0.6 is 0 Å². The summed E-state index contributed by atoms with van der Waals surface area (Å²) in [6.45, 7) is 9.08. The molecule has 0 fully saturated rings. The predicted octanol–water partition coefficient (Wildman–Crippen LogP) is 1.77. The highest BCUT2D eigenvalue weighted by molar-refractivity contribution is 5.78. The topological polar surface area (TPSA) is 79.9 Å². The van der Waals surface area contributed by atoms with Crippen LogP contribution in [0.15, 0.2) is 35.3 Å². The molecule has 0 amide bonds. The second-order valence-electron chi connectivity index (χ2n) is 4.25. The normalized spacial score (nSPS) is 11.2. The van der Waals surface area contributed by atoms with Gasteiger partial charge in [0.15, 0.2) is 17.5 Å². The molecule has 5 nitrogen and oxygen atoms in total. The van der Waals surface area contributed by atoms with Crippen LogP contribution in [0.25, 0.3) is 0 Å². The van der Waals surface area contributed by atoms with E-state index >= 15 is 0 Å². The molecule has 0 aliphatic rings. The summed E-state index contributed by atoms with van der Waals surface area (Å²) < 4.78 is 5.31. The molecule has 0 unspecified atom stereocenters. The fourth-order valence-electron chi connectivity index (χ4n) is 1.40. The van der Waals surface area contributed by atoms with Crippen molar-refractivity contribution in [3.8, 4) is 11.5 Å². The van der Waals surface area contributed by atoms with Gasteiger partial charge in [0, 0.05) is 6.54 Å². The number of aliphatic imine (C=N–C) groups is 1. The number of nitrogens with zero attached hydrogens (tertiary/aromatic N) is 1. The van der Waals surface area contributed by atoms with E-state index in [1.54, 1.807) is 18.2 Å². The number of ether oxygens (including phenoxy) is 1. The van der Waals surface area contributed by atoms with Gasteiger partial charge in [-0.3, -0.25) is 0 Å². The molecule has 0 heterocycles. The number of aromatic hydroxyl groups is 1. The van der Waals surface area contributed by atoms with Crippen LogP contribution in [0.3, 0.4) is 0 Å². The number of rotatable bonds is 6. The fourth-order valence-corrected chi connectivity index (χ4v) is 1.40. The first-order valence-electron chi connectivity index (χ1n) is 6.15. The maximum absolute atomic E-state index is 9.58. The molecular weight excluding hydrogens is 242 g/mol. The standard InChI is InChI=1S/C14H21N3O2/c1-4-19-13-7-11(5-6-12(13)18)9-17-14(15)16-8-10(2)3/h5-7,18H,2,4,8-9H2,1,3H3,(H3,15,16,17). The second-order valence-corrected chi connectivity index (χ2v) is 4.25. The molecule has 19 heavy (non-hydrogen) atoms. The number of guanidine groups is 1. The summed E-state index contributed by atoms with van der Waals surface area (Å²) in [6, 6.07) is 5.13. The molecule has 4 N–H and O–H groups in total. The second kappa shape index (κ2) is 7.31. The Bertz CT molecular complexity index is 470. The Kier molecular flexibility index (Phi) is 5.73. The van der Waals surface area contributed by atoms with Gasteiger partial charge < -0.3 is 20.9 Å². The van der Waals surface area contributed by atoms with E-state index in [1.165, 1.54) is 0 Å². The summed E-state index contributed by atoms with van der Waals surface area (Å²) in [5.41, 5.74) is 7.62. The van der Waals surface area contributed by atoms with Crippen molar-refractivity contribution < 1.29 is 9.84 Å². The third kappa shape index (κ3) is 5.33. The van der Waals surface area contributed by atoms with Crippen LogP contribution in [0.2, 0.25) is 0 Å². The number of phenols is 1. The molecule has 5 heteroatoms. The Morgan fingerprint density at radius 2 is 2.26 bits per heavy atom. The molecule has 0 aromatic heterocycles. The molecule has 1 aromatic carbocycles. The zero-order valence-electron chi connectivity index (χ0n) is 11.4. The minimum absolute atomic E-state index is 0.128. The van der Waals surface area contributed by atoms with Crippen molar-refractivity contribution in [3.05, 3.63) is 35.9 Å². The van der Waals surface area contributed by atoms with Crippen LogP contribution in [0.1, 0.15) is 19.4 Å². The van der Waals surface area contributed by atoms with Crippen molar-refractivity contribution in [1.82, 2.24) is 5.32 Å². The molecule has 0 aliphatic carbocycles. The molecule has 0 saturated carbocycles. The zero-order chi connectivity index (χ0) is 14.3. The Hall–Kier alpha value is -2.17. The minimum atomic E-state index is 0.128. The van der Waals surface area contributed by atoms with E-state index in [2.05, 4.69) is 16.9 Å². The van der Waals surface area contributed by atoms with E-state index in [0.717, 1.165) is 11.1 Å². The highest BCUT2D eigenvalue weighted by Gasteiger charge is 2.03. The predicted molar refractivity (Wildman–Crippen MR) is 77.4 cm³/mol. The summed E-state index contributed by atoms with van der Waals surface area (Å²) in [5.74, 6) is 0.959. The maximum Gasteiger partial charge on any atom is 0.189 e. The third-order valence-corrected chi connectivity index (χ3v) is 2.33. The van der Waals surface area contributed by atoms with Crippen molar-refractivity contribution in [2.45, 2.75) is 20.4 Å². The number of phenolic OH excluding ortho intramolecular Hbond substituents is 1. The van der Waals surface area contributed by atoms with E-state index in [9.17, 15) is 5.11 Å². The minimum Gasteiger partial charge on any atom is -0.504 e. The summed E-state index contributed by atoms with van der Waals surface area (Å²) >= 11 is 0. The Labute approximate surface area is 113 Å². The zero-order valence-corrected chi connectivity index (χ0v) is 11.4. The summed E-state index contributed by atoms with van der Waals surface area (Å²) in [7, 11) is 0. The van der Waals surface area contributed by atoms with Gasteiger partial charge in [0.25, 0.3) is 0 Å². The molecule has 104 valence electrons. The fraction of sp³-hybridized carbons (Fsp3) is 0.357. The van der Waals surface area contributed by atoms with Crippen LogP contribution in [-0.4, -0.2) is 24.2 Å². The lowest BCUT2D eigenvalue weighted by Gasteiger charge is -2.08. The van der Waals surface area contributed by atoms with Crippen molar-refractivity contribution in [3.63, 3.8) is 0 Å². The van der Waals surface area contributed by atoms with E-state index in [-0.39, 0.29) is 5.75 Å². The van der Waals surface area contributed by atoms with Crippen molar-refractivity contribution in [2.24, 2.45) is 10.7 Å². The molecular formula is C14H21N3O2. The number of benzene rings is 1. The Balaban J connectivity index is 2.64. The summed E-state index contributed by atoms with van der Waals surface area (Å²) in [6.07, 6.45) is 0. The van der Waals surface area contributed by atoms with Crippen LogP contribution in [0, 0.1) is 0 Å². The van der Waals surface area contributed by atoms with Gasteiger partial charge in [-0.05, 0) is 31.5 Å². The number of nitrogens with one attached hydrogen (secondary N) is 1. The van der Waals surface area contributed by atoms with E-state index in [1.807, 2.05) is 13.8 Å². The van der Waals surface area contributed by atoms with Crippen molar-refractivity contribution in [2.75, 3.05) is 13.2 Å². The summed E-state index contributed by atoms with van der Waals surface area (Å²) in [4.78, 5) is 4.20. The first-order valence-corrected chi connectivity index (χ1v) is 6.15. The van der Waals surface area contributed by atoms with Gasteiger partial charge in [0.05, 0.1) is 13.2 Å². The lowest BCUT2D eigenvalue weighted by atomic mass is 10.2. The van der Waals surface area contributed by atoms with Crippen LogP contribution in [0.5, 0.6) is 11.5 Å². The number of hydrogen-bond acceptors (Lipinski definition) is 3. The molecule has 0 atom stereocenters. The van der Waals surface area contributed by atoms with E-state index < -0.39 is 0 Å². The van der Waals surface area contributed by atoms with Gasteiger partial charge in [0.1, 0.15) is 0 Å². The van der Waals surface area contributed by atoms with Gasteiger partial charge >= 0.3 is 0 Å². The number of hydrogen-bond donors (Lipinski definition) is 3. The van der Waals surface area contributed by atoms with Crippen molar-refractivity contribution >= 4 is 5.96 Å². The molecule has 0 saturated heterocycles. The molecule has 0 aliphatic heterocycles. The molecule has 1 aromatic rings. The molecule has 0 radical (unpaired) electrons. The number of nitrogens with two attached hydrogens (primary N) is 1. The first kappa shape index (κ1) is 14.9. The van der Waals surface area contributed by atoms with E-state index in [4.69, 9.17) is 10.5 Å². The smallest absolute Gasteiger partial charge is 0.189 e. The van der Waals surface area contributed by atoms with Gasteiger partial charge in [-0.2, -0.15) is 0 Å². The SMILES string of the molecule is C=C(C)CNC(N)=NCc1ccc(O)c(OCC)c1. The lowest BCUT2D eigenvalue weighted by molar-refractivity contribution is 0.318. The van der Waals surface area contributed by atoms with Gasteiger partial charge in [-0.15, -0.1) is 0 Å². The van der Waals surface area contributed by atoms with Crippen LogP contribution in [0.4, 0.5) is 0 Å². The molecule has 0 spiro atoms. The lowest BCUT2D eigenvalue weighted by Crippen LogP contribution is -2.32. The summed E-state index contributed by atoms with van der Waals surface area (Å²) in [5, 5.41) is 12.5.